The number of aliphatic hydroxyl groups excluding tert-OH is 1. The maximum absolute atomic E-state index is 12.0. The van der Waals surface area contributed by atoms with Crippen molar-refractivity contribution in [1.82, 2.24) is 10.2 Å². The lowest BCUT2D eigenvalue weighted by Crippen LogP contribution is -2.47. The molecule has 3 atom stereocenters. The molecule has 0 saturated carbocycles. The van der Waals surface area contributed by atoms with E-state index in [1.807, 2.05) is 14.0 Å². The summed E-state index contributed by atoms with van der Waals surface area (Å²) >= 11 is 0. The molecule has 15 heavy (non-hydrogen) atoms. The molecule has 1 rings (SSSR count). The van der Waals surface area contributed by atoms with Gasteiger partial charge in [-0.15, -0.1) is 0 Å². The minimum atomic E-state index is -0.373. The van der Waals surface area contributed by atoms with E-state index < -0.39 is 0 Å². The number of hydrogen-bond donors (Lipinski definition) is 2. The van der Waals surface area contributed by atoms with E-state index >= 15 is 0 Å². The number of aliphatic hydroxyl groups is 1. The lowest BCUT2D eigenvalue weighted by molar-refractivity contribution is -0.134. The number of nitrogens with zero attached hydrogens (tertiary/aromatic N) is 1. The summed E-state index contributed by atoms with van der Waals surface area (Å²) in [5.41, 5.74) is 0. The zero-order chi connectivity index (χ0) is 11.6. The second-order valence-corrected chi connectivity index (χ2v) is 4.78. The van der Waals surface area contributed by atoms with Crippen LogP contribution in [0.25, 0.3) is 0 Å². The van der Waals surface area contributed by atoms with E-state index in [1.54, 1.807) is 4.90 Å². The van der Waals surface area contributed by atoms with Gasteiger partial charge in [-0.05, 0) is 19.3 Å². The van der Waals surface area contributed by atoms with Gasteiger partial charge >= 0.3 is 0 Å². The molecule has 1 aliphatic rings. The van der Waals surface area contributed by atoms with Gasteiger partial charge in [0, 0.05) is 19.6 Å². The van der Waals surface area contributed by atoms with Crippen molar-refractivity contribution in [3.63, 3.8) is 0 Å². The molecule has 4 nitrogen and oxygen atoms in total. The highest BCUT2D eigenvalue weighted by Gasteiger charge is 2.31. The van der Waals surface area contributed by atoms with E-state index in [0.717, 1.165) is 0 Å². The van der Waals surface area contributed by atoms with Crippen LogP contribution in [0.4, 0.5) is 0 Å². The van der Waals surface area contributed by atoms with E-state index in [1.165, 1.54) is 0 Å². The topological polar surface area (TPSA) is 52.6 Å². The third-order valence-corrected chi connectivity index (χ3v) is 3.33. The molecular weight excluding hydrogens is 192 g/mol. The first-order valence-corrected chi connectivity index (χ1v) is 5.61. The van der Waals surface area contributed by atoms with E-state index in [9.17, 15) is 9.90 Å². The monoisotopic (exact) mass is 214 g/mol. The molecule has 0 aromatic carbocycles. The van der Waals surface area contributed by atoms with Gasteiger partial charge in [0.25, 0.3) is 0 Å². The number of β-amino-alcohol motifs (C(OH)–C–C–N with tert-alkyl or cyclic N) is 1. The van der Waals surface area contributed by atoms with Crippen LogP contribution in [-0.2, 0) is 4.79 Å². The van der Waals surface area contributed by atoms with Crippen molar-refractivity contribution < 1.29 is 9.90 Å². The fourth-order valence-electron chi connectivity index (χ4n) is 1.80. The van der Waals surface area contributed by atoms with Crippen LogP contribution in [0.15, 0.2) is 0 Å². The Hall–Kier alpha value is -0.610. The van der Waals surface area contributed by atoms with Gasteiger partial charge in [-0.2, -0.15) is 0 Å². The highest BCUT2D eigenvalue weighted by atomic mass is 16.3. The van der Waals surface area contributed by atoms with Crippen molar-refractivity contribution in [2.45, 2.75) is 45.4 Å². The van der Waals surface area contributed by atoms with E-state index in [2.05, 4.69) is 19.2 Å². The van der Waals surface area contributed by atoms with Crippen molar-refractivity contribution in [3.05, 3.63) is 0 Å². The van der Waals surface area contributed by atoms with E-state index in [-0.39, 0.29) is 24.1 Å². The highest BCUT2D eigenvalue weighted by Crippen LogP contribution is 2.14. The molecule has 3 unspecified atom stereocenters. The normalized spacial score (nSPS) is 28.1. The van der Waals surface area contributed by atoms with Crippen molar-refractivity contribution in [2.24, 2.45) is 5.92 Å². The average Bonchev–Trinajstić information content (AvgIpc) is 2.61. The Bertz CT molecular complexity index is 231. The van der Waals surface area contributed by atoms with Gasteiger partial charge in [-0.1, -0.05) is 13.8 Å². The summed E-state index contributed by atoms with van der Waals surface area (Å²) < 4.78 is 0. The van der Waals surface area contributed by atoms with Crippen LogP contribution in [0.3, 0.4) is 0 Å². The van der Waals surface area contributed by atoms with Gasteiger partial charge in [-0.3, -0.25) is 4.79 Å². The third kappa shape index (κ3) is 2.92. The lowest BCUT2D eigenvalue weighted by Gasteiger charge is -2.30. The molecular formula is C11H22N2O2. The molecule has 1 aliphatic heterocycles. The summed E-state index contributed by atoms with van der Waals surface area (Å²) in [4.78, 5) is 13.8. The summed E-state index contributed by atoms with van der Waals surface area (Å²) in [5, 5.41) is 12.4. The van der Waals surface area contributed by atoms with Gasteiger partial charge in [0.1, 0.15) is 0 Å². The standard InChI is InChI=1S/C11H22N2O2/c1-7(2)8(3)13(4)11(15)10-5-9(14)6-12-10/h7-10,12,14H,5-6H2,1-4H3. The Balaban J connectivity index is 2.53. The van der Waals surface area contributed by atoms with E-state index in [0.29, 0.717) is 18.9 Å². The molecule has 0 aromatic heterocycles. The van der Waals surface area contributed by atoms with Gasteiger partial charge in [-0.25, -0.2) is 0 Å². The van der Waals surface area contributed by atoms with Crippen molar-refractivity contribution in [2.75, 3.05) is 13.6 Å². The fraction of sp³-hybridized carbons (Fsp3) is 0.909. The summed E-state index contributed by atoms with van der Waals surface area (Å²) in [6.45, 7) is 6.78. The number of nitrogens with one attached hydrogen (secondary N) is 1. The SMILES string of the molecule is CC(C)C(C)N(C)C(=O)C1CC(O)CN1. The fourth-order valence-corrected chi connectivity index (χ4v) is 1.80. The van der Waals surface area contributed by atoms with Gasteiger partial charge in [0.05, 0.1) is 12.1 Å². The molecule has 1 amide bonds. The molecule has 1 heterocycles. The molecule has 2 N–H and O–H groups in total. The van der Waals surface area contributed by atoms with Gasteiger partial charge in [0.2, 0.25) is 5.91 Å². The van der Waals surface area contributed by atoms with Crippen LogP contribution in [0.1, 0.15) is 27.2 Å². The first-order chi connectivity index (χ1) is 6.93. The molecule has 0 aliphatic carbocycles. The first-order valence-electron chi connectivity index (χ1n) is 5.61. The predicted molar refractivity (Wildman–Crippen MR) is 59.5 cm³/mol. The van der Waals surface area contributed by atoms with Crippen LogP contribution < -0.4 is 5.32 Å². The summed E-state index contributed by atoms with van der Waals surface area (Å²) in [6, 6.07) is 0.0308. The Morgan fingerprint density at radius 2 is 2.07 bits per heavy atom. The number of rotatable bonds is 3. The summed E-state index contributed by atoms with van der Waals surface area (Å²) in [7, 11) is 1.83. The summed E-state index contributed by atoms with van der Waals surface area (Å²) in [6.07, 6.45) is 0.162. The largest absolute Gasteiger partial charge is 0.392 e. The van der Waals surface area contributed by atoms with E-state index in [4.69, 9.17) is 0 Å². The predicted octanol–water partition coefficient (Wildman–Crippen LogP) is 0.212. The third-order valence-electron chi connectivity index (χ3n) is 3.33. The van der Waals surface area contributed by atoms with Crippen LogP contribution in [0, 0.1) is 5.92 Å². The van der Waals surface area contributed by atoms with Gasteiger partial charge < -0.3 is 15.3 Å². The number of amides is 1. The minimum absolute atomic E-state index is 0.0905. The lowest BCUT2D eigenvalue weighted by atomic mass is 10.0. The molecule has 1 fully saturated rings. The molecule has 0 spiro atoms. The summed E-state index contributed by atoms with van der Waals surface area (Å²) in [5.74, 6) is 0.540. The maximum atomic E-state index is 12.0. The van der Waals surface area contributed by atoms with Crippen molar-refractivity contribution in [3.8, 4) is 0 Å². The molecule has 1 saturated heterocycles. The van der Waals surface area contributed by atoms with Crippen molar-refractivity contribution in [1.29, 1.82) is 0 Å². The Morgan fingerprint density at radius 3 is 2.47 bits per heavy atom. The highest BCUT2D eigenvalue weighted by molar-refractivity contribution is 5.82. The number of carbonyl (C=O) groups excluding carboxylic acids is 1. The number of likely N-dealkylation sites (N-methyl/N-ethyl adjacent to an activating group) is 1. The van der Waals surface area contributed by atoms with Crippen LogP contribution in [0.5, 0.6) is 0 Å². The molecule has 0 bridgehead atoms. The molecule has 0 radical (unpaired) electrons. The van der Waals surface area contributed by atoms with Crippen LogP contribution in [-0.4, -0.2) is 47.7 Å². The second-order valence-electron chi connectivity index (χ2n) is 4.78. The quantitative estimate of drug-likeness (QED) is 0.706. The first kappa shape index (κ1) is 12.5. The molecule has 4 heteroatoms. The smallest absolute Gasteiger partial charge is 0.239 e. The Kier molecular flexibility index (Phi) is 4.11. The van der Waals surface area contributed by atoms with Gasteiger partial charge in [0.15, 0.2) is 0 Å². The number of carbonyl (C=O) groups is 1. The second kappa shape index (κ2) is 4.94. The van der Waals surface area contributed by atoms with Crippen LogP contribution in [0.2, 0.25) is 0 Å². The van der Waals surface area contributed by atoms with Crippen molar-refractivity contribution >= 4 is 5.91 Å². The zero-order valence-corrected chi connectivity index (χ0v) is 10.0. The minimum Gasteiger partial charge on any atom is -0.392 e. The molecule has 0 aromatic rings. The number of hydrogen-bond acceptors (Lipinski definition) is 3. The Morgan fingerprint density at radius 1 is 1.47 bits per heavy atom. The van der Waals surface area contributed by atoms with Crippen LogP contribution >= 0.6 is 0 Å². The Labute approximate surface area is 91.6 Å². The maximum Gasteiger partial charge on any atom is 0.239 e. The molecule has 88 valence electrons. The average molecular weight is 214 g/mol. The zero-order valence-electron chi connectivity index (χ0n) is 10.0.